The Labute approximate surface area is 55.0 Å². The van der Waals surface area contributed by atoms with Crippen LogP contribution in [0, 0.1) is 0 Å². The maximum absolute atomic E-state index is 5.82. The molecule has 1 fully saturated rings. The van der Waals surface area contributed by atoms with E-state index < -0.39 is 0 Å². The maximum Gasteiger partial charge on any atom is 0.0163 e. The Kier molecular flexibility index (Phi) is 1.83. The monoisotopic (exact) mass is 131 g/mol. The molecule has 0 aromatic carbocycles. The molecule has 0 heterocycles. The number of hydrogen-bond donors (Lipinski definition) is 1. The van der Waals surface area contributed by atoms with E-state index in [2.05, 4.69) is 6.26 Å². The summed E-state index contributed by atoms with van der Waals surface area (Å²) < 4.78 is 0. The van der Waals surface area contributed by atoms with E-state index >= 15 is 0 Å². The van der Waals surface area contributed by atoms with Crippen molar-refractivity contribution in [2.75, 3.05) is 12.0 Å². The number of thioether (sulfide) groups is 1. The van der Waals surface area contributed by atoms with Crippen LogP contribution < -0.4 is 5.73 Å². The highest BCUT2D eigenvalue weighted by molar-refractivity contribution is 7.98. The lowest BCUT2D eigenvalue weighted by atomic mass is 10.2. The van der Waals surface area contributed by atoms with Crippen molar-refractivity contribution in [2.24, 2.45) is 5.73 Å². The lowest BCUT2D eigenvalue weighted by Crippen LogP contribution is -2.21. The van der Waals surface area contributed by atoms with Gasteiger partial charge in [-0.25, -0.2) is 0 Å². The minimum absolute atomic E-state index is 0.281. The Morgan fingerprint density at radius 2 is 2.25 bits per heavy atom. The van der Waals surface area contributed by atoms with Gasteiger partial charge in [-0.1, -0.05) is 0 Å². The summed E-state index contributed by atoms with van der Waals surface area (Å²) in [5, 5.41) is 0. The molecule has 0 aromatic rings. The van der Waals surface area contributed by atoms with E-state index in [0.29, 0.717) is 0 Å². The van der Waals surface area contributed by atoms with Crippen molar-refractivity contribution in [1.29, 1.82) is 0 Å². The minimum atomic E-state index is 0.281. The van der Waals surface area contributed by atoms with Crippen LogP contribution >= 0.6 is 11.8 Å². The second-order valence-corrected chi connectivity index (χ2v) is 3.59. The van der Waals surface area contributed by atoms with E-state index in [1.807, 2.05) is 11.8 Å². The second-order valence-electron chi connectivity index (χ2n) is 2.61. The third-order valence-corrected chi connectivity index (χ3v) is 2.31. The van der Waals surface area contributed by atoms with Crippen LogP contribution in [0.2, 0.25) is 0 Å². The Bertz CT molecular complexity index is 78.6. The first-order valence-electron chi connectivity index (χ1n) is 3.05. The van der Waals surface area contributed by atoms with E-state index in [1.54, 1.807) is 0 Å². The Morgan fingerprint density at radius 1 is 1.62 bits per heavy atom. The summed E-state index contributed by atoms with van der Waals surface area (Å²) in [7, 11) is 0. The molecule has 0 spiro atoms. The normalized spacial score (nSPS) is 23.2. The molecule has 0 amide bonds. The van der Waals surface area contributed by atoms with Crippen molar-refractivity contribution in [1.82, 2.24) is 0 Å². The van der Waals surface area contributed by atoms with Crippen LogP contribution in [-0.2, 0) is 0 Å². The molecule has 1 saturated carbocycles. The molecule has 48 valence electrons. The molecule has 0 radical (unpaired) electrons. The smallest absolute Gasteiger partial charge is 0.0163 e. The zero-order valence-corrected chi connectivity index (χ0v) is 6.13. The molecule has 8 heavy (non-hydrogen) atoms. The van der Waals surface area contributed by atoms with Gasteiger partial charge in [-0.3, -0.25) is 0 Å². The highest BCUT2D eigenvalue weighted by atomic mass is 32.2. The Morgan fingerprint density at radius 3 is 2.62 bits per heavy atom. The van der Waals surface area contributed by atoms with Gasteiger partial charge in [0.25, 0.3) is 0 Å². The highest BCUT2D eigenvalue weighted by Gasteiger charge is 2.36. The molecule has 0 unspecified atom stereocenters. The lowest BCUT2D eigenvalue weighted by molar-refractivity contribution is 0.657. The molecule has 0 atom stereocenters. The van der Waals surface area contributed by atoms with Crippen LogP contribution in [0.1, 0.15) is 19.3 Å². The molecule has 0 aliphatic heterocycles. The first-order valence-corrected chi connectivity index (χ1v) is 4.44. The molecule has 0 aromatic heterocycles. The number of hydrogen-bond acceptors (Lipinski definition) is 2. The van der Waals surface area contributed by atoms with Crippen molar-refractivity contribution in [3.05, 3.63) is 0 Å². The van der Waals surface area contributed by atoms with Gasteiger partial charge >= 0.3 is 0 Å². The Hall–Kier alpha value is 0.310. The van der Waals surface area contributed by atoms with E-state index in [9.17, 15) is 0 Å². The quantitative estimate of drug-likeness (QED) is 0.623. The van der Waals surface area contributed by atoms with Gasteiger partial charge in [0.05, 0.1) is 0 Å². The standard InChI is InChI=1S/C6H13NS/c1-8-5-4-6(7)2-3-6/h2-5,7H2,1H3. The van der Waals surface area contributed by atoms with Crippen LogP contribution in [-0.4, -0.2) is 17.5 Å². The van der Waals surface area contributed by atoms with E-state index in [-0.39, 0.29) is 5.54 Å². The molecule has 0 saturated heterocycles. The second kappa shape index (κ2) is 2.28. The summed E-state index contributed by atoms with van der Waals surface area (Å²) in [6.45, 7) is 0. The predicted molar refractivity (Wildman–Crippen MR) is 39.2 cm³/mol. The van der Waals surface area contributed by atoms with Crippen LogP contribution in [0.25, 0.3) is 0 Å². The van der Waals surface area contributed by atoms with Gasteiger partial charge in [0.15, 0.2) is 0 Å². The molecule has 1 aliphatic rings. The summed E-state index contributed by atoms with van der Waals surface area (Å²) in [4.78, 5) is 0. The molecule has 2 N–H and O–H groups in total. The Balaban J connectivity index is 2.01. The number of rotatable bonds is 3. The topological polar surface area (TPSA) is 26.0 Å². The molecule has 1 rings (SSSR count). The first kappa shape index (κ1) is 6.43. The largest absolute Gasteiger partial charge is 0.325 e. The zero-order chi connectivity index (χ0) is 6.04. The number of nitrogens with two attached hydrogens (primary N) is 1. The average Bonchev–Trinajstić information content (AvgIpc) is 2.45. The van der Waals surface area contributed by atoms with Crippen molar-refractivity contribution < 1.29 is 0 Å². The summed E-state index contributed by atoms with van der Waals surface area (Å²) in [5.41, 5.74) is 6.10. The average molecular weight is 131 g/mol. The van der Waals surface area contributed by atoms with E-state index in [0.717, 1.165) is 0 Å². The van der Waals surface area contributed by atoms with Crippen molar-refractivity contribution in [2.45, 2.75) is 24.8 Å². The summed E-state index contributed by atoms with van der Waals surface area (Å²) in [6.07, 6.45) is 5.86. The third-order valence-electron chi connectivity index (χ3n) is 1.70. The molecule has 2 heteroatoms. The van der Waals surface area contributed by atoms with Crippen molar-refractivity contribution in [3.8, 4) is 0 Å². The SMILES string of the molecule is CSCCC1(N)CC1. The third kappa shape index (κ3) is 1.67. The van der Waals surface area contributed by atoms with Gasteiger partial charge in [0.2, 0.25) is 0 Å². The molecule has 1 aliphatic carbocycles. The van der Waals surface area contributed by atoms with Crippen molar-refractivity contribution >= 4 is 11.8 Å². The van der Waals surface area contributed by atoms with E-state index in [4.69, 9.17) is 5.73 Å². The summed E-state index contributed by atoms with van der Waals surface area (Å²) >= 11 is 1.89. The van der Waals surface area contributed by atoms with Crippen LogP contribution in [0.5, 0.6) is 0 Å². The predicted octanol–water partition coefficient (Wildman–Crippen LogP) is 1.23. The molecule has 0 bridgehead atoms. The fourth-order valence-electron chi connectivity index (χ4n) is 0.716. The zero-order valence-electron chi connectivity index (χ0n) is 5.31. The molecular weight excluding hydrogens is 118 g/mol. The van der Waals surface area contributed by atoms with E-state index in [1.165, 1.54) is 25.0 Å². The molecular formula is C6H13NS. The van der Waals surface area contributed by atoms with Crippen LogP contribution in [0.15, 0.2) is 0 Å². The summed E-state index contributed by atoms with van der Waals surface area (Å²) in [5.74, 6) is 1.23. The van der Waals surface area contributed by atoms with Gasteiger partial charge < -0.3 is 5.73 Å². The highest BCUT2D eigenvalue weighted by Crippen LogP contribution is 2.36. The summed E-state index contributed by atoms with van der Waals surface area (Å²) in [6, 6.07) is 0. The first-order chi connectivity index (χ1) is 3.77. The maximum atomic E-state index is 5.82. The lowest BCUT2D eigenvalue weighted by Gasteiger charge is -2.04. The van der Waals surface area contributed by atoms with Gasteiger partial charge in [-0.15, -0.1) is 0 Å². The van der Waals surface area contributed by atoms with Gasteiger partial charge in [-0.2, -0.15) is 11.8 Å². The van der Waals surface area contributed by atoms with Crippen molar-refractivity contribution in [3.63, 3.8) is 0 Å². The fraction of sp³-hybridized carbons (Fsp3) is 1.00. The van der Waals surface area contributed by atoms with Crippen LogP contribution in [0.4, 0.5) is 0 Å². The molecule has 1 nitrogen and oxygen atoms in total. The minimum Gasteiger partial charge on any atom is -0.325 e. The van der Waals surface area contributed by atoms with Crippen LogP contribution in [0.3, 0.4) is 0 Å². The van der Waals surface area contributed by atoms with Gasteiger partial charge in [-0.05, 0) is 31.3 Å². The van der Waals surface area contributed by atoms with Gasteiger partial charge in [0.1, 0.15) is 0 Å². The fourth-order valence-corrected chi connectivity index (χ4v) is 1.33. The van der Waals surface area contributed by atoms with Gasteiger partial charge in [0, 0.05) is 5.54 Å².